The second-order valence-electron chi connectivity index (χ2n) is 11.0. The summed E-state index contributed by atoms with van der Waals surface area (Å²) in [7, 11) is 0. The predicted octanol–water partition coefficient (Wildman–Crippen LogP) is 6.13. The minimum atomic E-state index is -0.355. The van der Waals surface area contributed by atoms with Crippen LogP contribution in [0.5, 0.6) is 17.2 Å². The first kappa shape index (κ1) is 26.4. The maximum atomic E-state index is 13.7. The Morgan fingerprint density at radius 1 is 1.00 bits per heavy atom. The summed E-state index contributed by atoms with van der Waals surface area (Å²) in [6.45, 7) is 8.77. The molecule has 4 N–H and O–H groups in total. The van der Waals surface area contributed by atoms with E-state index >= 15 is 0 Å². The number of allylic oxidation sites excluding steroid dienone is 2. The lowest BCUT2D eigenvalue weighted by Crippen LogP contribution is -2.36. The van der Waals surface area contributed by atoms with E-state index in [0.717, 1.165) is 38.5 Å². The number of epoxide rings is 2. The standard InChI is InChI=1S/C30H38N2O6/c1-5-29(13-8-9-18(3)4)24(37-29)12-14-30(6-2)25(38-30)17-32-21-15-19(33)16-23(35)27(21)31-26-20(28(32)36)10-7-11-22(26)34/h7,9-11,15-16,24-25,31,33-35H,5-6,8,12-14,17H2,1-4H3. The molecule has 3 aliphatic heterocycles. The molecule has 4 atom stereocenters. The molecule has 204 valence electrons. The monoisotopic (exact) mass is 522 g/mol. The third kappa shape index (κ3) is 4.71. The first-order valence-corrected chi connectivity index (χ1v) is 13.6. The lowest BCUT2D eigenvalue weighted by molar-refractivity contribution is 0.0986. The van der Waals surface area contributed by atoms with Gasteiger partial charge in [0.25, 0.3) is 5.91 Å². The fourth-order valence-corrected chi connectivity index (χ4v) is 5.94. The lowest BCUT2D eigenvalue weighted by atomic mass is 9.89. The van der Waals surface area contributed by atoms with Crippen LogP contribution in [-0.4, -0.2) is 51.2 Å². The zero-order valence-electron chi connectivity index (χ0n) is 22.6. The largest absolute Gasteiger partial charge is 0.508 e. The number of anilines is 3. The molecule has 38 heavy (non-hydrogen) atoms. The number of amides is 1. The van der Waals surface area contributed by atoms with Gasteiger partial charge < -0.3 is 35.0 Å². The van der Waals surface area contributed by atoms with Crippen molar-refractivity contribution < 1.29 is 29.6 Å². The van der Waals surface area contributed by atoms with Gasteiger partial charge in [0.15, 0.2) is 0 Å². The molecule has 0 spiro atoms. The summed E-state index contributed by atoms with van der Waals surface area (Å²) in [5.41, 5.74) is 2.00. The van der Waals surface area contributed by atoms with Crippen LogP contribution in [0.2, 0.25) is 0 Å². The van der Waals surface area contributed by atoms with E-state index < -0.39 is 0 Å². The molecule has 0 saturated carbocycles. The van der Waals surface area contributed by atoms with Gasteiger partial charge in [-0.2, -0.15) is 0 Å². The SMILES string of the molecule is CCC1(CCC=C(C)C)OC1CCC1(CC)OC1CN1C(=O)c2cccc(O)c2Nc2c(O)cc(O)cc21. The zero-order valence-corrected chi connectivity index (χ0v) is 22.6. The summed E-state index contributed by atoms with van der Waals surface area (Å²) in [5.74, 6) is -0.829. The lowest BCUT2D eigenvalue weighted by Gasteiger charge is -2.23. The number of nitrogens with one attached hydrogen (secondary N) is 1. The molecular formula is C30H38N2O6. The van der Waals surface area contributed by atoms with E-state index in [1.54, 1.807) is 12.1 Å². The van der Waals surface area contributed by atoms with Crippen LogP contribution in [0.3, 0.4) is 0 Å². The van der Waals surface area contributed by atoms with E-state index in [4.69, 9.17) is 9.47 Å². The molecular weight excluding hydrogens is 484 g/mol. The highest BCUT2D eigenvalue weighted by Crippen LogP contribution is 2.52. The number of phenolic OH excluding ortho intramolecular Hbond substituents is 3. The number of carbonyl (C=O) groups is 1. The molecule has 8 heteroatoms. The Morgan fingerprint density at radius 2 is 1.71 bits per heavy atom. The van der Waals surface area contributed by atoms with E-state index in [2.05, 4.69) is 39.1 Å². The fourth-order valence-electron chi connectivity index (χ4n) is 5.94. The van der Waals surface area contributed by atoms with Crippen molar-refractivity contribution in [2.24, 2.45) is 0 Å². The molecule has 3 aliphatic rings. The number of nitrogens with zero attached hydrogens (tertiary/aromatic N) is 1. The summed E-state index contributed by atoms with van der Waals surface area (Å²) < 4.78 is 12.5. The average Bonchev–Trinajstić information content (AvgIpc) is 3.77. The maximum absolute atomic E-state index is 13.7. The Morgan fingerprint density at radius 3 is 2.42 bits per heavy atom. The van der Waals surface area contributed by atoms with Gasteiger partial charge in [-0.25, -0.2) is 0 Å². The molecule has 1 amide bonds. The van der Waals surface area contributed by atoms with Gasteiger partial charge in [0.1, 0.15) is 29.0 Å². The Labute approximate surface area is 223 Å². The van der Waals surface area contributed by atoms with E-state index in [0.29, 0.717) is 5.69 Å². The molecule has 0 radical (unpaired) electrons. The van der Waals surface area contributed by atoms with E-state index in [1.165, 1.54) is 28.7 Å². The van der Waals surface area contributed by atoms with Gasteiger partial charge >= 0.3 is 0 Å². The highest BCUT2D eigenvalue weighted by atomic mass is 16.6. The van der Waals surface area contributed by atoms with Crippen molar-refractivity contribution in [1.82, 2.24) is 0 Å². The summed E-state index contributed by atoms with van der Waals surface area (Å²) in [5, 5.41) is 34.3. The topological polar surface area (TPSA) is 118 Å². The van der Waals surface area contributed by atoms with Gasteiger partial charge in [0.2, 0.25) is 0 Å². The first-order valence-electron chi connectivity index (χ1n) is 13.6. The third-order valence-corrected chi connectivity index (χ3v) is 8.45. The van der Waals surface area contributed by atoms with Crippen molar-refractivity contribution in [3.8, 4) is 17.2 Å². The number of hydrogen-bond acceptors (Lipinski definition) is 7. The van der Waals surface area contributed by atoms with E-state index in [-0.39, 0.29) is 70.0 Å². The van der Waals surface area contributed by atoms with Crippen molar-refractivity contribution in [1.29, 1.82) is 0 Å². The van der Waals surface area contributed by atoms with Crippen LogP contribution >= 0.6 is 0 Å². The van der Waals surface area contributed by atoms with Gasteiger partial charge in [0, 0.05) is 12.1 Å². The Bertz CT molecular complexity index is 1270. The van der Waals surface area contributed by atoms with Gasteiger partial charge in [-0.15, -0.1) is 0 Å². The Kier molecular flexibility index (Phi) is 6.82. The molecule has 0 bridgehead atoms. The van der Waals surface area contributed by atoms with Crippen LogP contribution in [0, 0.1) is 0 Å². The molecule has 5 rings (SSSR count). The van der Waals surface area contributed by atoms with Gasteiger partial charge in [-0.1, -0.05) is 31.6 Å². The smallest absolute Gasteiger partial charge is 0.260 e. The van der Waals surface area contributed by atoms with Crippen molar-refractivity contribution in [2.75, 3.05) is 16.8 Å². The van der Waals surface area contributed by atoms with Crippen LogP contribution in [0.1, 0.15) is 76.6 Å². The number of aromatic hydroxyl groups is 3. The molecule has 4 unspecified atom stereocenters. The van der Waals surface area contributed by atoms with E-state index in [1.807, 2.05) is 0 Å². The summed E-state index contributed by atoms with van der Waals surface area (Å²) in [4.78, 5) is 15.2. The minimum Gasteiger partial charge on any atom is -0.508 e. The normalized spacial score (nSPS) is 27.2. The summed E-state index contributed by atoms with van der Waals surface area (Å²) in [6, 6.07) is 7.37. The number of fused-ring (bicyclic) bond motifs is 2. The molecule has 2 fully saturated rings. The molecule has 0 aromatic heterocycles. The van der Waals surface area contributed by atoms with Crippen molar-refractivity contribution in [2.45, 2.75) is 89.6 Å². The first-order chi connectivity index (χ1) is 18.1. The molecule has 8 nitrogen and oxygen atoms in total. The number of hydrogen-bond donors (Lipinski definition) is 4. The molecule has 0 aliphatic carbocycles. The average molecular weight is 523 g/mol. The van der Waals surface area contributed by atoms with Gasteiger partial charge in [-0.3, -0.25) is 4.79 Å². The van der Waals surface area contributed by atoms with Gasteiger partial charge in [-0.05, 0) is 64.5 Å². The van der Waals surface area contributed by atoms with Crippen molar-refractivity contribution in [3.05, 3.63) is 47.5 Å². The number of ether oxygens (including phenoxy) is 2. The van der Waals surface area contributed by atoms with Crippen LogP contribution in [-0.2, 0) is 9.47 Å². The number of carbonyl (C=O) groups excluding carboxylic acids is 1. The zero-order chi connectivity index (χ0) is 27.2. The predicted molar refractivity (Wildman–Crippen MR) is 147 cm³/mol. The van der Waals surface area contributed by atoms with E-state index in [9.17, 15) is 20.1 Å². The van der Waals surface area contributed by atoms with Crippen LogP contribution in [0.4, 0.5) is 17.1 Å². The highest BCUT2D eigenvalue weighted by Gasteiger charge is 2.59. The second-order valence-corrected chi connectivity index (χ2v) is 11.0. The van der Waals surface area contributed by atoms with Crippen LogP contribution in [0.25, 0.3) is 0 Å². The summed E-state index contributed by atoms with van der Waals surface area (Å²) >= 11 is 0. The number of phenols is 3. The molecule has 2 aromatic rings. The summed E-state index contributed by atoms with van der Waals surface area (Å²) in [6.07, 6.45) is 7.85. The van der Waals surface area contributed by atoms with Crippen LogP contribution in [0.15, 0.2) is 42.0 Å². The Hall–Kier alpha value is -3.23. The second kappa shape index (κ2) is 9.82. The highest BCUT2D eigenvalue weighted by molar-refractivity contribution is 6.15. The molecule has 3 heterocycles. The number of rotatable bonds is 10. The van der Waals surface area contributed by atoms with Crippen LogP contribution < -0.4 is 10.2 Å². The van der Waals surface area contributed by atoms with Crippen molar-refractivity contribution >= 4 is 23.0 Å². The quantitative estimate of drug-likeness (QED) is 0.128. The Balaban J connectivity index is 1.33. The minimum absolute atomic E-state index is 0.0442. The number of para-hydroxylation sites is 1. The molecule has 2 saturated heterocycles. The fraction of sp³-hybridized carbons (Fsp3) is 0.500. The molecule has 2 aromatic carbocycles. The third-order valence-electron chi connectivity index (χ3n) is 8.45. The maximum Gasteiger partial charge on any atom is 0.260 e. The van der Waals surface area contributed by atoms with Gasteiger partial charge in [0.05, 0.1) is 40.8 Å². The van der Waals surface area contributed by atoms with Crippen molar-refractivity contribution in [3.63, 3.8) is 0 Å². The number of benzene rings is 2.